The minimum Gasteiger partial charge on any atom is -0.364 e. The van der Waals surface area contributed by atoms with Gasteiger partial charge in [0.1, 0.15) is 6.61 Å². The second-order valence-electron chi connectivity index (χ2n) is 7.76. The molecule has 6 heteroatoms. The summed E-state index contributed by atoms with van der Waals surface area (Å²) in [5, 5.41) is 1.08. The zero-order chi connectivity index (χ0) is 19.8. The van der Waals surface area contributed by atoms with Gasteiger partial charge in [0.25, 0.3) is 0 Å². The summed E-state index contributed by atoms with van der Waals surface area (Å²) in [6, 6.07) is 17.9. The van der Waals surface area contributed by atoms with Crippen LogP contribution in [0.2, 0.25) is 0 Å². The first-order valence-electron chi connectivity index (χ1n) is 9.97. The Morgan fingerprint density at radius 2 is 1.86 bits per heavy atom. The highest BCUT2D eigenvalue weighted by Gasteiger charge is 2.44. The van der Waals surface area contributed by atoms with Gasteiger partial charge in [-0.2, -0.15) is 0 Å². The maximum atomic E-state index is 13.0. The number of H-pyrrole nitrogens is 1. The molecule has 2 atom stereocenters. The summed E-state index contributed by atoms with van der Waals surface area (Å²) in [5.74, 6) is 0.0564. The fraction of sp³-hybridized carbons (Fsp3) is 0.304. The lowest BCUT2D eigenvalue weighted by atomic mass is 10.1. The van der Waals surface area contributed by atoms with Crippen molar-refractivity contribution in [3.8, 4) is 0 Å². The number of aromatic nitrogens is 1. The molecule has 0 saturated carbocycles. The molecule has 0 unspecified atom stereocenters. The fourth-order valence-corrected chi connectivity index (χ4v) is 4.41. The van der Waals surface area contributed by atoms with Crippen LogP contribution in [0.3, 0.4) is 0 Å². The van der Waals surface area contributed by atoms with Crippen molar-refractivity contribution in [2.75, 3.05) is 19.7 Å². The maximum Gasteiger partial charge on any atom is 0.249 e. The molecule has 3 heterocycles. The number of carbonyl (C=O) groups excluding carboxylic acids is 2. The number of aromatic amines is 1. The van der Waals surface area contributed by atoms with Crippen molar-refractivity contribution >= 4 is 22.7 Å². The number of hydrogen-bond acceptors (Lipinski definition) is 3. The third-order valence-corrected chi connectivity index (χ3v) is 5.94. The number of amides is 2. The van der Waals surface area contributed by atoms with Crippen molar-refractivity contribution in [3.63, 3.8) is 0 Å². The Labute approximate surface area is 169 Å². The molecule has 2 aromatic carbocycles. The molecule has 29 heavy (non-hydrogen) atoms. The van der Waals surface area contributed by atoms with Gasteiger partial charge in [0.2, 0.25) is 11.8 Å². The molecule has 0 radical (unpaired) electrons. The van der Waals surface area contributed by atoms with Gasteiger partial charge in [-0.05, 0) is 17.2 Å². The average molecular weight is 389 g/mol. The van der Waals surface area contributed by atoms with E-state index >= 15 is 0 Å². The monoisotopic (exact) mass is 389 g/mol. The van der Waals surface area contributed by atoms with Crippen molar-refractivity contribution in [1.29, 1.82) is 0 Å². The first-order valence-corrected chi connectivity index (χ1v) is 9.97. The van der Waals surface area contributed by atoms with E-state index in [1.54, 1.807) is 0 Å². The van der Waals surface area contributed by atoms with E-state index in [2.05, 4.69) is 4.98 Å². The SMILES string of the molecule is O=C(Cc1c[nH]c2ccccc12)N1C[C@@H]2OCC(=O)N(Cc3ccccc3)[C@@H]2C1. The maximum absolute atomic E-state index is 13.0. The molecule has 5 rings (SSSR count). The number of ether oxygens (including phenoxy) is 1. The smallest absolute Gasteiger partial charge is 0.249 e. The normalized spacial score (nSPS) is 21.6. The third kappa shape index (κ3) is 3.40. The summed E-state index contributed by atoms with van der Waals surface area (Å²) in [6.45, 7) is 1.68. The van der Waals surface area contributed by atoms with Crippen LogP contribution in [-0.4, -0.2) is 58.4 Å². The quantitative estimate of drug-likeness (QED) is 0.745. The van der Waals surface area contributed by atoms with Gasteiger partial charge in [0, 0.05) is 36.7 Å². The number of fused-ring (bicyclic) bond motifs is 2. The van der Waals surface area contributed by atoms with Gasteiger partial charge in [-0.15, -0.1) is 0 Å². The van der Waals surface area contributed by atoms with E-state index in [1.807, 2.05) is 70.6 Å². The molecule has 3 aromatic rings. The number of carbonyl (C=O) groups is 2. The van der Waals surface area contributed by atoms with E-state index in [4.69, 9.17) is 4.74 Å². The van der Waals surface area contributed by atoms with Crippen LogP contribution in [0, 0.1) is 0 Å². The Balaban J connectivity index is 1.31. The van der Waals surface area contributed by atoms with Gasteiger partial charge in [0.05, 0.1) is 18.6 Å². The van der Waals surface area contributed by atoms with Crippen LogP contribution in [0.15, 0.2) is 60.8 Å². The lowest BCUT2D eigenvalue weighted by Crippen LogP contribution is -2.53. The molecule has 0 bridgehead atoms. The minimum atomic E-state index is -0.122. The number of rotatable bonds is 4. The van der Waals surface area contributed by atoms with Gasteiger partial charge in [0.15, 0.2) is 0 Å². The average Bonchev–Trinajstić information content (AvgIpc) is 3.36. The second kappa shape index (κ2) is 7.37. The predicted molar refractivity (Wildman–Crippen MR) is 109 cm³/mol. The van der Waals surface area contributed by atoms with Gasteiger partial charge in [-0.3, -0.25) is 9.59 Å². The highest BCUT2D eigenvalue weighted by Crippen LogP contribution is 2.26. The van der Waals surface area contributed by atoms with Crippen molar-refractivity contribution in [2.24, 2.45) is 0 Å². The topological polar surface area (TPSA) is 65.6 Å². The Kier molecular flexibility index (Phi) is 4.56. The van der Waals surface area contributed by atoms with Crippen LogP contribution in [0.4, 0.5) is 0 Å². The molecule has 148 valence electrons. The second-order valence-corrected chi connectivity index (χ2v) is 7.76. The highest BCUT2D eigenvalue weighted by atomic mass is 16.5. The Morgan fingerprint density at radius 3 is 2.72 bits per heavy atom. The van der Waals surface area contributed by atoms with E-state index in [9.17, 15) is 9.59 Å². The zero-order valence-corrected chi connectivity index (χ0v) is 16.1. The van der Waals surface area contributed by atoms with Crippen LogP contribution < -0.4 is 0 Å². The molecule has 1 N–H and O–H groups in total. The summed E-state index contributed by atoms with van der Waals surface area (Å²) >= 11 is 0. The molecular weight excluding hydrogens is 366 g/mol. The fourth-order valence-electron chi connectivity index (χ4n) is 4.41. The number of para-hydroxylation sites is 1. The molecule has 2 amide bonds. The molecule has 6 nitrogen and oxygen atoms in total. The minimum absolute atomic E-state index is 0.0129. The molecular formula is C23H23N3O3. The first-order chi connectivity index (χ1) is 14.2. The van der Waals surface area contributed by atoms with Crippen molar-refractivity contribution < 1.29 is 14.3 Å². The third-order valence-electron chi connectivity index (χ3n) is 5.94. The number of nitrogens with zero attached hydrogens (tertiary/aromatic N) is 2. The summed E-state index contributed by atoms with van der Waals surface area (Å²) in [6.07, 6.45) is 2.13. The molecule has 0 aliphatic carbocycles. The lowest BCUT2D eigenvalue weighted by molar-refractivity contribution is -0.153. The van der Waals surface area contributed by atoms with Crippen molar-refractivity contribution in [2.45, 2.75) is 25.1 Å². The van der Waals surface area contributed by atoms with Gasteiger partial charge < -0.3 is 19.5 Å². The van der Waals surface area contributed by atoms with Crippen molar-refractivity contribution in [1.82, 2.24) is 14.8 Å². The van der Waals surface area contributed by atoms with Gasteiger partial charge in [-0.1, -0.05) is 48.5 Å². The van der Waals surface area contributed by atoms with Crippen LogP contribution in [-0.2, 0) is 27.3 Å². The molecule has 1 aromatic heterocycles. The largest absolute Gasteiger partial charge is 0.364 e. The summed E-state index contributed by atoms with van der Waals surface area (Å²) in [4.78, 5) is 32.5. The van der Waals surface area contributed by atoms with Crippen LogP contribution in [0.1, 0.15) is 11.1 Å². The number of hydrogen-bond donors (Lipinski definition) is 1. The zero-order valence-electron chi connectivity index (χ0n) is 16.1. The highest BCUT2D eigenvalue weighted by molar-refractivity contribution is 5.89. The summed E-state index contributed by atoms with van der Waals surface area (Å²) in [5.41, 5.74) is 3.12. The van der Waals surface area contributed by atoms with E-state index in [1.165, 1.54) is 0 Å². The predicted octanol–water partition coefficient (Wildman–Crippen LogP) is 2.35. The first kappa shape index (κ1) is 17.9. The Hall–Kier alpha value is -3.12. The van der Waals surface area contributed by atoms with Crippen LogP contribution >= 0.6 is 0 Å². The van der Waals surface area contributed by atoms with Crippen LogP contribution in [0.5, 0.6) is 0 Å². The van der Waals surface area contributed by atoms with Crippen molar-refractivity contribution in [3.05, 3.63) is 71.9 Å². The van der Waals surface area contributed by atoms with Crippen LogP contribution in [0.25, 0.3) is 10.9 Å². The molecule has 2 aliphatic rings. The molecule has 2 saturated heterocycles. The van der Waals surface area contributed by atoms with E-state index in [0.717, 1.165) is 22.0 Å². The number of morpholine rings is 1. The molecule has 0 spiro atoms. The number of likely N-dealkylation sites (tertiary alicyclic amines) is 1. The Morgan fingerprint density at radius 1 is 1.07 bits per heavy atom. The van der Waals surface area contributed by atoms with Gasteiger partial charge >= 0.3 is 0 Å². The molecule has 2 aliphatic heterocycles. The van der Waals surface area contributed by atoms with E-state index in [0.29, 0.717) is 26.1 Å². The van der Waals surface area contributed by atoms with E-state index in [-0.39, 0.29) is 30.6 Å². The Bertz CT molecular complexity index is 1050. The summed E-state index contributed by atoms with van der Waals surface area (Å²) in [7, 11) is 0. The molecule has 2 fully saturated rings. The standard InChI is InChI=1S/C23H23N3O3/c27-22(10-17-11-24-19-9-5-4-8-18(17)19)25-13-20-21(14-25)29-15-23(28)26(20)12-16-6-2-1-3-7-16/h1-9,11,20-21,24H,10,12-15H2/t20-,21+/m1/s1. The van der Waals surface area contributed by atoms with Gasteiger partial charge in [-0.25, -0.2) is 0 Å². The number of nitrogens with one attached hydrogen (secondary N) is 1. The van der Waals surface area contributed by atoms with E-state index < -0.39 is 0 Å². The summed E-state index contributed by atoms with van der Waals surface area (Å²) < 4.78 is 5.78. The lowest BCUT2D eigenvalue weighted by Gasteiger charge is -2.36. The number of benzene rings is 2.